The first-order valence-corrected chi connectivity index (χ1v) is 19.6. The van der Waals surface area contributed by atoms with Crippen LogP contribution < -0.4 is 4.90 Å². The van der Waals surface area contributed by atoms with E-state index in [1.807, 2.05) is 11.8 Å². The molecule has 11 rings (SSSR count). The Kier molecular flexibility index (Phi) is 6.73. The maximum absolute atomic E-state index is 2.53. The second-order valence-electron chi connectivity index (χ2n) is 15.2. The summed E-state index contributed by atoms with van der Waals surface area (Å²) in [5, 5.41) is 7.57. The lowest BCUT2D eigenvalue weighted by Gasteiger charge is -2.35. The Hall–Kier alpha value is -5.83. The van der Waals surface area contributed by atoms with E-state index in [-0.39, 0.29) is 5.41 Å². The van der Waals surface area contributed by atoms with Gasteiger partial charge in [-0.3, -0.25) is 0 Å². The van der Waals surface area contributed by atoms with Gasteiger partial charge in [-0.25, -0.2) is 0 Å². The molecule has 0 unspecified atom stereocenters. The molecule has 252 valence electrons. The van der Waals surface area contributed by atoms with Gasteiger partial charge in [-0.1, -0.05) is 147 Å². The third-order valence-corrected chi connectivity index (χ3v) is 13.0. The quantitative estimate of drug-likeness (QED) is 0.169. The number of hydrogen-bond acceptors (Lipinski definition) is 2. The van der Waals surface area contributed by atoms with Gasteiger partial charge in [0.25, 0.3) is 0 Å². The van der Waals surface area contributed by atoms with Crippen molar-refractivity contribution in [3.63, 3.8) is 0 Å². The lowest BCUT2D eigenvalue weighted by atomic mass is 9.79. The second kappa shape index (κ2) is 11.6. The zero-order chi connectivity index (χ0) is 35.3. The number of rotatable bonds is 3. The molecule has 8 aromatic rings. The highest BCUT2D eigenvalue weighted by Crippen LogP contribution is 2.56. The maximum atomic E-state index is 2.53. The third-order valence-electron chi connectivity index (χ3n) is 11.9. The highest BCUT2D eigenvalue weighted by Gasteiger charge is 2.37. The van der Waals surface area contributed by atoms with Crippen molar-refractivity contribution in [3.05, 3.63) is 181 Å². The Bertz CT molecular complexity index is 2860. The monoisotopic (exact) mass is 695 g/mol. The molecule has 0 aromatic heterocycles. The largest absolute Gasteiger partial charge is 0.307 e. The van der Waals surface area contributed by atoms with Crippen molar-refractivity contribution in [2.75, 3.05) is 4.90 Å². The van der Waals surface area contributed by atoms with Crippen LogP contribution in [-0.2, 0) is 5.41 Å². The van der Waals surface area contributed by atoms with E-state index >= 15 is 0 Å². The highest BCUT2D eigenvalue weighted by molar-refractivity contribution is 7.99. The predicted octanol–water partition coefficient (Wildman–Crippen LogP) is 14.8. The van der Waals surface area contributed by atoms with Gasteiger partial charge in [0.05, 0.1) is 17.1 Å². The summed E-state index contributed by atoms with van der Waals surface area (Å²) in [4.78, 5) is 5.07. The molecule has 2 aliphatic carbocycles. The van der Waals surface area contributed by atoms with Gasteiger partial charge in [-0.15, -0.1) is 0 Å². The minimum atomic E-state index is 0.00438. The molecule has 8 aromatic carbocycles. The molecule has 3 aliphatic rings. The van der Waals surface area contributed by atoms with E-state index in [9.17, 15) is 0 Å². The Labute approximate surface area is 314 Å². The third kappa shape index (κ3) is 4.58. The van der Waals surface area contributed by atoms with E-state index in [0.717, 1.165) is 12.8 Å². The van der Waals surface area contributed by atoms with Crippen molar-refractivity contribution in [2.24, 2.45) is 0 Å². The average molecular weight is 696 g/mol. The van der Waals surface area contributed by atoms with Gasteiger partial charge in [0.15, 0.2) is 0 Å². The van der Waals surface area contributed by atoms with Crippen LogP contribution in [-0.4, -0.2) is 0 Å². The summed E-state index contributed by atoms with van der Waals surface area (Å²) >= 11 is 1.86. The predicted molar refractivity (Wildman–Crippen MR) is 227 cm³/mol. The molecule has 1 heterocycles. The number of allylic oxidation sites excluding steroid dienone is 4. The van der Waals surface area contributed by atoms with Crippen molar-refractivity contribution in [1.29, 1.82) is 0 Å². The van der Waals surface area contributed by atoms with E-state index in [1.54, 1.807) is 0 Å². The number of para-hydroxylation sites is 2. The summed E-state index contributed by atoms with van der Waals surface area (Å²) in [6.45, 7) is 4.79. The summed E-state index contributed by atoms with van der Waals surface area (Å²) in [6, 6.07) is 56.9. The van der Waals surface area contributed by atoms with Crippen molar-refractivity contribution in [1.82, 2.24) is 0 Å². The fraction of sp³-hybridized carbons (Fsp3) is 0.0980. The Balaban J connectivity index is 1.24. The molecule has 0 atom stereocenters. The first-order chi connectivity index (χ1) is 26.0. The Morgan fingerprint density at radius 3 is 2.00 bits per heavy atom. The summed E-state index contributed by atoms with van der Waals surface area (Å²) in [7, 11) is 0. The number of fused-ring (bicyclic) bond motifs is 7. The number of nitrogens with zero attached hydrogens (tertiary/aromatic N) is 1. The first kappa shape index (κ1) is 30.8. The molecule has 1 nitrogen and oxygen atoms in total. The standard InChI is InChI=1S/C51H37NS/c1-51(2)43-18-8-7-15-37(43)41-31-36(26-28-44(41)51)49-38-16-5-6-17-39(38)50(52-45-19-9-11-21-47(45)53-48-22-12-10-20-46(48)52)40-27-25-35(30-42(40)49)34-24-23-32-13-3-4-14-33(32)29-34/h3-6,8-14,16-31H,7,15H2,1-2H3. The van der Waals surface area contributed by atoms with Crippen LogP contribution >= 0.6 is 11.8 Å². The second-order valence-corrected chi connectivity index (χ2v) is 16.3. The molecular formula is C51H37NS. The fourth-order valence-corrected chi connectivity index (χ4v) is 10.4. The molecule has 0 saturated heterocycles. The summed E-state index contributed by atoms with van der Waals surface area (Å²) in [5.41, 5.74) is 14.6. The van der Waals surface area contributed by atoms with Crippen LogP contribution in [0.4, 0.5) is 17.1 Å². The smallest absolute Gasteiger partial charge is 0.0619 e. The van der Waals surface area contributed by atoms with Gasteiger partial charge < -0.3 is 4.90 Å². The topological polar surface area (TPSA) is 3.24 Å². The Morgan fingerprint density at radius 1 is 0.547 bits per heavy atom. The lowest BCUT2D eigenvalue weighted by molar-refractivity contribution is 0.651. The number of anilines is 3. The molecule has 0 N–H and O–H groups in total. The minimum absolute atomic E-state index is 0.00438. The van der Waals surface area contributed by atoms with Crippen molar-refractivity contribution in [3.8, 4) is 22.3 Å². The molecule has 1 aliphatic heterocycles. The molecule has 53 heavy (non-hydrogen) atoms. The molecule has 0 spiro atoms. The average Bonchev–Trinajstić information content (AvgIpc) is 3.44. The summed E-state index contributed by atoms with van der Waals surface area (Å²) in [5.74, 6) is 0. The highest BCUT2D eigenvalue weighted by atomic mass is 32.2. The van der Waals surface area contributed by atoms with Crippen LogP contribution in [0, 0.1) is 0 Å². The molecular weight excluding hydrogens is 659 g/mol. The zero-order valence-corrected chi connectivity index (χ0v) is 30.7. The minimum Gasteiger partial charge on any atom is -0.307 e. The molecule has 0 bridgehead atoms. The Morgan fingerprint density at radius 2 is 1.19 bits per heavy atom. The van der Waals surface area contributed by atoms with Crippen LogP contribution in [0.1, 0.15) is 37.8 Å². The summed E-state index contributed by atoms with van der Waals surface area (Å²) in [6.07, 6.45) is 6.95. The molecule has 0 amide bonds. The molecule has 2 heteroatoms. The summed E-state index contributed by atoms with van der Waals surface area (Å²) < 4.78 is 0. The molecule has 0 saturated carbocycles. The van der Waals surface area contributed by atoms with E-state index in [1.165, 1.54) is 104 Å². The van der Waals surface area contributed by atoms with Crippen molar-refractivity contribution < 1.29 is 0 Å². The SMILES string of the molecule is CC1(C)C2=C(CCC=C2)c2cc(-c3c4ccccc4c(N4c5ccccc5Sc5ccccc54)c4ccc(-c5ccc6ccccc6c5)cc34)ccc21. The lowest BCUT2D eigenvalue weighted by Crippen LogP contribution is -2.16. The van der Waals surface area contributed by atoms with E-state index < -0.39 is 0 Å². The normalized spacial score (nSPS) is 15.5. The maximum Gasteiger partial charge on any atom is 0.0619 e. The first-order valence-electron chi connectivity index (χ1n) is 18.7. The van der Waals surface area contributed by atoms with Gasteiger partial charge in [-0.2, -0.15) is 0 Å². The van der Waals surface area contributed by atoms with E-state index in [2.05, 4.69) is 183 Å². The van der Waals surface area contributed by atoms with Crippen molar-refractivity contribution in [2.45, 2.75) is 41.9 Å². The molecule has 0 radical (unpaired) electrons. The van der Waals surface area contributed by atoms with Gasteiger partial charge in [0.2, 0.25) is 0 Å². The fourth-order valence-electron chi connectivity index (χ4n) is 9.37. The van der Waals surface area contributed by atoms with Crippen LogP contribution in [0.3, 0.4) is 0 Å². The van der Waals surface area contributed by atoms with Crippen LogP contribution in [0.25, 0.3) is 60.1 Å². The van der Waals surface area contributed by atoms with Crippen molar-refractivity contribution >= 4 is 66.7 Å². The van der Waals surface area contributed by atoms with Crippen LogP contribution in [0.2, 0.25) is 0 Å². The van der Waals surface area contributed by atoms with Gasteiger partial charge in [0, 0.05) is 26.0 Å². The van der Waals surface area contributed by atoms with Crippen LogP contribution in [0.5, 0.6) is 0 Å². The van der Waals surface area contributed by atoms with Gasteiger partial charge in [-0.05, 0) is 121 Å². The number of benzene rings is 8. The van der Waals surface area contributed by atoms with Crippen LogP contribution in [0.15, 0.2) is 179 Å². The zero-order valence-electron chi connectivity index (χ0n) is 29.9. The molecule has 0 fully saturated rings. The van der Waals surface area contributed by atoms with E-state index in [0.29, 0.717) is 0 Å². The van der Waals surface area contributed by atoms with E-state index in [4.69, 9.17) is 0 Å². The number of hydrogen-bond donors (Lipinski definition) is 0. The van der Waals surface area contributed by atoms with Gasteiger partial charge in [0.1, 0.15) is 0 Å². The van der Waals surface area contributed by atoms with Gasteiger partial charge >= 0.3 is 0 Å².